The van der Waals surface area contributed by atoms with Crippen LogP contribution in [-0.4, -0.2) is 62.1 Å². The van der Waals surface area contributed by atoms with Crippen LogP contribution in [0.5, 0.6) is 0 Å². The quantitative estimate of drug-likeness (QED) is 0.548. The average Bonchev–Trinajstić information content (AvgIpc) is 3.39. The number of piperazine rings is 1. The summed E-state index contributed by atoms with van der Waals surface area (Å²) in [6.07, 6.45) is 1.86. The molecule has 3 aromatic rings. The van der Waals surface area contributed by atoms with Crippen molar-refractivity contribution in [1.82, 2.24) is 24.2 Å². The molecule has 4 heterocycles. The van der Waals surface area contributed by atoms with Crippen molar-refractivity contribution in [3.63, 3.8) is 0 Å². The molecule has 0 spiro atoms. The fraction of sp³-hybridized carbons (Fsp3) is 0.478. The van der Waals surface area contributed by atoms with Crippen molar-refractivity contribution in [1.29, 1.82) is 0 Å². The van der Waals surface area contributed by atoms with Crippen molar-refractivity contribution in [2.75, 3.05) is 36.8 Å². The molecule has 1 amide bonds. The molecule has 174 valence electrons. The van der Waals surface area contributed by atoms with Crippen LogP contribution in [0.3, 0.4) is 0 Å². The van der Waals surface area contributed by atoms with Crippen molar-refractivity contribution < 1.29 is 9.18 Å². The van der Waals surface area contributed by atoms with Crippen LogP contribution in [0.25, 0.3) is 11.0 Å². The molecular formula is C23H27FN6O2S. The zero-order valence-electron chi connectivity index (χ0n) is 19.0. The molecule has 0 aliphatic carbocycles. The number of rotatable bonds is 3. The summed E-state index contributed by atoms with van der Waals surface area (Å²) in [5.41, 5.74) is 1.14. The van der Waals surface area contributed by atoms with Crippen molar-refractivity contribution >= 4 is 34.4 Å². The molecule has 0 bridgehead atoms. The lowest BCUT2D eigenvalue weighted by molar-refractivity contribution is -0.132. The number of anilines is 1. The summed E-state index contributed by atoms with van der Waals surface area (Å²) in [7, 11) is 0. The summed E-state index contributed by atoms with van der Waals surface area (Å²) in [6, 6.07) is 6.23. The number of carbonyl (C=O) groups excluding carboxylic acids is 1. The predicted octanol–water partition coefficient (Wildman–Crippen LogP) is 2.87. The highest BCUT2D eigenvalue weighted by molar-refractivity contribution is 7.99. The molecule has 0 saturated carbocycles. The average molecular weight is 471 g/mol. The molecular weight excluding hydrogens is 443 g/mol. The van der Waals surface area contributed by atoms with Gasteiger partial charge in [-0.05, 0) is 45.0 Å². The van der Waals surface area contributed by atoms with Crippen LogP contribution in [0.15, 0.2) is 40.4 Å². The van der Waals surface area contributed by atoms with Crippen molar-refractivity contribution in [2.45, 2.75) is 43.9 Å². The van der Waals surface area contributed by atoms with Crippen molar-refractivity contribution in [3.8, 4) is 0 Å². The van der Waals surface area contributed by atoms with E-state index in [1.807, 2.05) is 25.7 Å². The number of benzene rings is 1. The van der Waals surface area contributed by atoms with E-state index in [0.717, 1.165) is 5.69 Å². The summed E-state index contributed by atoms with van der Waals surface area (Å²) < 4.78 is 16.6. The smallest absolute Gasteiger partial charge is 0.265 e. The third kappa shape index (κ3) is 4.01. The van der Waals surface area contributed by atoms with Gasteiger partial charge in [0.05, 0.1) is 17.8 Å². The Morgan fingerprint density at radius 1 is 1.15 bits per heavy atom. The van der Waals surface area contributed by atoms with E-state index in [9.17, 15) is 14.0 Å². The van der Waals surface area contributed by atoms with Gasteiger partial charge in [0, 0.05) is 44.0 Å². The summed E-state index contributed by atoms with van der Waals surface area (Å²) >= 11 is 1.52. The highest BCUT2D eigenvalue weighted by atomic mass is 32.2. The van der Waals surface area contributed by atoms with Crippen LogP contribution in [-0.2, 0) is 10.3 Å². The molecule has 1 fully saturated rings. The summed E-state index contributed by atoms with van der Waals surface area (Å²) in [5.74, 6) is 0.443. The number of nitrogens with zero attached hydrogens (tertiary/aromatic N) is 6. The first-order chi connectivity index (χ1) is 15.7. The number of hydrogen-bond acceptors (Lipinski definition) is 6. The van der Waals surface area contributed by atoms with Crippen molar-refractivity contribution in [2.24, 2.45) is 0 Å². The van der Waals surface area contributed by atoms with Crippen LogP contribution in [0.1, 0.15) is 33.2 Å². The zero-order chi connectivity index (χ0) is 23.3. The molecule has 33 heavy (non-hydrogen) atoms. The standard InChI is InChI=1S/C23H27FN6O2S/c1-23(2,3)30-20-18(13-25-30)21(32)29-17(14-33-22(29)26-20)12-19(31)28-10-8-27(9-11-28)16-6-4-15(24)5-7-16/h4-7,13,17H,8-12,14H2,1-3H3. The van der Waals surface area contributed by atoms with Gasteiger partial charge < -0.3 is 9.80 Å². The molecule has 10 heteroatoms. The second-order valence-electron chi connectivity index (χ2n) is 9.55. The van der Waals surface area contributed by atoms with Gasteiger partial charge >= 0.3 is 0 Å². The minimum absolute atomic E-state index is 0.0459. The second kappa shape index (κ2) is 8.16. The largest absolute Gasteiger partial charge is 0.368 e. The van der Waals surface area contributed by atoms with Gasteiger partial charge in [-0.15, -0.1) is 0 Å². The first-order valence-electron chi connectivity index (χ1n) is 11.1. The number of aromatic nitrogens is 4. The summed E-state index contributed by atoms with van der Waals surface area (Å²) in [6.45, 7) is 8.67. The summed E-state index contributed by atoms with van der Waals surface area (Å²) in [4.78, 5) is 35.1. The maximum Gasteiger partial charge on any atom is 0.265 e. The van der Waals surface area contributed by atoms with Gasteiger partial charge in [0.25, 0.3) is 5.56 Å². The molecule has 2 aliphatic rings. The van der Waals surface area contributed by atoms with Gasteiger partial charge in [-0.3, -0.25) is 14.2 Å². The SMILES string of the molecule is CC(C)(C)n1ncc2c(=O)n3c(nc21)SCC3CC(=O)N1CCN(c2ccc(F)cc2)CC1. The minimum atomic E-state index is -0.283. The monoisotopic (exact) mass is 470 g/mol. The lowest BCUT2D eigenvalue weighted by atomic mass is 10.1. The third-order valence-corrected chi connectivity index (χ3v) is 7.34. The molecule has 2 aromatic heterocycles. The Labute approximate surface area is 195 Å². The molecule has 1 saturated heterocycles. The number of amides is 1. The molecule has 1 unspecified atom stereocenters. The Bertz CT molecular complexity index is 1250. The van der Waals surface area contributed by atoms with Gasteiger partial charge in [-0.1, -0.05) is 11.8 Å². The highest BCUT2D eigenvalue weighted by Crippen LogP contribution is 2.34. The number of fused-ring (bicyclic) bond motifs is 2. The van der Waals surface area contributed by atoms with Gasteiger partial charge in [0.2, 0.25) is 5.91 Å². The van der Waals surface area contributed by atoms with E-state index in [1.165, 1.54) is 23.9 Å². The lowest BCUT2D eigenvalue weighted by Crippen LogP contribution is -2.49. The van der Waals surface area contributed by atoms with Gasteiger partial charge in [0.15, 0.2) is 10.8 Å². The Morgan fingerprint density at radius 3 is 2.52 bits per heavy atom. The van der Waals surface area contributed by atoms with Gasteiger partial charge in [-0.2, -0.15) is 5.10 Å². The van der Waals surface area contributed by atoms with Gasteiger partial charge in [0.1, 0.15) is 11.2 Å². The fourth-order valence-corrected chi connectivity index (χ4v) is 5.60. The Morgan fingerprint density at radius 2 is 1.85 bits per heavy atom. The molecule has 1 atom stereocenters. The first-order valence-corrected chi connectivity index (χ1v) is 12.1. The predicted molar refractivity (Wildman–Crippen MR) is 126 cm³/mol. The van der Waals surface area contributed by atoms with Crippen LogP contribution < -0.4 is 10.5 Å². The van der Waals surface area contributed by atoms with Crippen LogP contribution in [0.2, 0.25) is 0 Å². The topological polar surface area (TPSA) is 76.3 Å². The minimum Gasteiger partial charge on any atom is -0.368 e. The number of thioether (sulfide) groups is 1. The summed E-state index contributed by atoms with van der Waals surface area (Å²) in [5, 5.41) is 5.53. The molecule has 8 nitrogen and oxygen atoms in total. The van der Waals surface area contributed by atoms with E-state index in [1.54, 1.807) is 27.6 Å². The number of halogens is 1. The molecule has 2 aliphatic heterocycles. The van der Waals surface area contributed by atoms with E-state index >= 15 is 0 Å². The van der Waals surface area contributed by atoms with E-state index in [2.05, 4.69) is 10.00 Å². The third-order valence-electron chi connectivity index (χ3n) is 6.24. The molecule has 5 rings (SSSR count). The second-order valence-corrected chi connectivity index (χ2v) is 10.5. The van der Waals surface area contributed by atoms with Gasteiger partial charge in [-0.25, -0.2) is 14.1 Å². The maximum absolute atomic E-state index is 13.3. The zero-order valence-corrected chi connectivity index (χ0v) is 19.8. The Hall–Kier alpha value is -2.88. The van der Waals surface area contributed by atoms with Crippen LogP contribution >= 0.6 is 11.8 Å². The first kappa shape index (κ1) is 21.9. The van der Waals surface area contributed by atoms with E-state index in [4.69, 9.17) is 4.98 Å². The van der Waals surface area contributed by atoms with Crippen LogP contribution in [0.4, 0.5) is 10.1 Å². The fourth-order valence-electron chi connectivity index (χ4n) is 4.47. The van der Waals surface area contributed by atoms with E-state index in [0.29, 0.717) is 48.1 Å². The molecule has 0 N–H and O–H groups in total. The maximum atomic E-state index is 13.3. The number of carbonyl (C=O) groups is 1. The Balaban J connectivity index is 1.29. The highest BCUT2D eigenvalue weighted by Gasteiger charge is 2.32. The van der Waals surface area contributed by atoms with E-state index < -0.39 is 0 Å². The normalized spacial score (nSPS) is 18.7. The lowest BCUT2D eigenvalue weighted by Gasteiger charge is -2.36. The van der Waals surface area contributed by atoms with Crippen molar-refractivity contribution in [3.05, 3.63) is 46.6 Å². The molecule has 0 radical (unpaired) electrons. The Kier molecular flexibility index (Phi) is 5.43. The number of hydrogen-bond donors (Lipinski definition) is 0. The van der Waals surface area contributed by atoms with E-state index in [-0.39, 0.29) is 35.3 Å². The molecule has 1 aromatic carbocycles. The van der Waals surface area contributed by atoms with Crippen LogP contribution in [0, 0.1) is 5.82 Å².